The molecule has 0 aliphatic rings. The van der Waals surface area contributed by atoms with Gasteiger partial charge in [0, 0.05) is 41.8 Å². The molecule has 1 aromatic carbocycles. The van der Waals surface area contributed by atoms with E-state index >= 15 is 0 Å². The second-order valence-corrected chi connectivity index (χ2v) is 9.24. The first-order valence-electron chi connectivity index (χ1n) is 12.3. The average Bonchev–Trinajstić information content (AvgIpc) is 3.55. The Kier molecular flexibility index (Phi) is 9.94. The number of aromatic amines is 2. The third-order valence-corrected chi connectivity index (χ3v) is 6.12. The molecule has 5 unspecified atom stereocenters. The molecule has 0 fully saturated rings. The Labute approximate surface area is 227 Å². The van der Waals surface area contributed by atoms with Crippen LogP contribution in [0.3, 0.4) is 0 Å². The van der Waals surface area contributed by atoms with Crippen molar-refractivity contribution in [3.8, 4) is 0 Å². The molecule has 0 aliphatic carbocycles. The maximum atomic E-state index is 13.4. The number of nitrogens with one attached hydrogen (secondary N) is 5. The summed E-state index contributed by atoms with van der Waals surface area (Å²) in [6, 6.07) is 1.41. The summed E-state index contributed by atoms with van der Waals surface area (Å²) in [6.45, 7) is 1.13. The summed E-state index contributed by atoms with van der Waals surface area (Å²) in [6.07, 6.45) is 2.22. The molecular formula is C25H31N7O8. The molecule has 0 saturated heterocycles. The van der Waals surface area contributed by atoms with Crippen LogP contribution < -0.4 is 21.7 Å². The average molecular weight is 558 g/mol. The number of nitrogens with zero attached hydrogens (tertiary/aromatic N) is 1. The van der Waals surface area contributed by atoms with E-state index in [-0.39, 0.29) is 12.8 Å². The fourth-order valence-electron chi connectivity index (χ4n) is 4.03. The van der Waals surface area contributed by atoms with E-state index in [1.165, 1.54) is 12.5 Å². The number of hydrogen-bond donors (Lipinski definition) is 9. The Morgan fingerprint density at radius 3 is 2.25 bits per heavy atom. The molecule has 0 radical (unpaired) electrons. The summed E-state index contributed by atoms with van der Waals surface area (Å²) in [5, 5.41) is 35.9. The van der Waals surface area contributed by atoms with Gasteiger partial charge in [-0.15, -0.1) is 0 Å². The minimum Gasteiger partial charge on any atom is -0.481 e. The van der Waals surface area contributed by atoms with E-state index in [0.717, 1.165) is 17.8 Å². The highest BCUT2D eigenvalue weighted by Gasteiger charge is 2.33. The lowest BCUT2D eigenvalue weighted by Crippen LogP contribution is -2.59. The van der Waals surface area contributed by atoms with Gasteiger partial charge in [0.25, 0.3) is 0 Å². The molecule has 5 atom stereocenters. The van der Waals surface area contributed by atoms with Crippen LogP contribution in [0.15, 0.2) is 43.0 Å². The van der Waals surface area contributed by atoms with E-state index in [4.69, 9.17) is 5.73 Å². The molecule has 0 spiro atoms. The molecule has 3 aromatic rings. The van der Waals surface area contributed by atoms with Gasteiger partial charge < -0.3 is 47.0 Å². The zero-order valence-corrected chi connectivity index (χ0v) is 21.5. The van der Waals surface area contributed by atoms with Crippen molar-refractivity contribution < 1.29 is 39.3 Å². The van der Waals surface area contributed by atoms with Gasteiger partial charge in [-0.05, 0) is 18.6 Å². The van der Waals surface area contributed by atoms with Crippen molar-refractivity contribution in [3.05, 3.63) is 54.2 Å². The highest BCUT2D eigenvalue weighted by molar-refractivity contribution is 5.96. The standard InChI is InChI=1S/C25H31N7O8/c1-12(33)21(25(39)40)32-24(38)19(8-20(34)35)31-23(37)18(6-13-9-28-17-5-3-2-4-15(13)17)30-22(36)16(26)7-14-10-27-11-29-14/h2-5,9-12,16,18-19,21,28,33H,6-8,26H2,1H3,(H,27,29)(H,30,36)(H,31,37)(H,32,38)(H,34,35)(H,39,40). The fraction of sp³-hybridized carbons (Fsp3) is 0.360. The summed E-state index contributed by atoms with van der Waals surface area (Å²) in [5.41, 5.74) is 8.04. The number of aliphatic hydroxyl groups is 1. The molecular weight excluding hydrogens is 526 g/mol. The van der Waals surface area contributed by atoms with Crippen LogP contribution in [0.2, 0.25) is 0 Å². The molecule has 15 nitrogen and oxygen atoms in total. The molecule has 214 valence electrons. The van der Waals surface area contributed by atoms with Crippen LogP contribution in [-0.2, 0) is 36.8 Å². The summed E-state index contributed by atoms with van der Waals surface area (Å²) >= 11 is 0. The van der Waals surface area contributed by atoms with Crippen molar-refractivity contribution in [1.29, 1.82) is 0 Å². The number of fused-ring (bicyclic) bond motifs is 1. The second-order valence-electron chi connectivity index (χ2n) is 9.24. The van der Waals surface area contributed by atoms with Gasteiger partial charge in [0.05, 0.1) is 24.9 Å². The van der Waals surface area contributed by atoms with E-state index in [0.29, 0.717) is 11.3 Å². The number of nitrogens with two attached hydrogens (primary N) is 1. The molecule has 40 heavy (non-hydrogen) atoms. The molecule has 0 saturated carbocycles. The Morgan fingerprint density at radius 1 is 0.950 bits per heavy atom. The molecule has 2 heterocycles. The molecule has 2 aromatic heterocycles. The predicted octanol–water partition coefficient (Wildman–Crippen LogP) is -1.60. The number of hydrogen-bond acceptors (Lipinski definition) is 8. The number of carbonyl (C=O) groups is 5. The van der Waals surface area contributed by atoms with E-state index in [9.17, 15) is 39.3 Å². The van der Waals surface area contributed by atoms with Gasteiger partial charge in [0.15, 0.2) is 6.04 Å². The van der Waals surface area contributed by atoms with Gasteiger partial charge in [-0.25, -0.2) is 9.78 Å². The monoisotopic (exact) mass is 557 g/mol. The maximum absolute atomic E-state index is 13.4. The van der Waals surface area contributed by atoms with Gasteiger partial charge in [0.1, 0.15) is 12.1 Å². The number of benzene rings is 1. The lowest BCUT2D eigenvalue weighted by atomic mass is 10.0. The molecule has 0 bridgehead atoms. The number of rotatable bonds is 14. The number of amides is 3. The lowest BCUT2D eigenvalue weighted by Gasteiger charge is -2.25. The number of H-pyrrole nitrogens is 2. The van der Waals surface area contributed by atoms with Gasteiger partial charge in [0.2, 0.25) is 17.7 Å². The van der Waals surface area contributed by atoms with Crippen LogP contribution in [0.4, 0.5) is 0 Å². The molecule has 3 rings (SSSR count). The highest BCUT2D eigenvalue weighted by atomic mass is 16.4. The number of imidazole rings is 1. The largest absolute Gasteiger partial charge is 0.481 e. The third kappa shape index (κ3) is 7.87. The number of carbonyl (C=O) groups excluding carboxylic acids is 3. The van der Waals surface area contributed by atoms with Crippen molar-refractivity contribution in [3.63, 3.8) is 0 Å². The molecule has 10 N–H and O–H groups in total. The number of para-hydroxylation sites is 1. The minimum atomic E-state index is -1.75. The minimum absolute atomic E-state index is 0.0504. The van der Waals surface area contributed by atoms with Crippen molar-refractivity contribution >= 4 is 40.6 Å². The Bertz CT molecular complexity index is 1350. The first kappa shape index (κ1) is 29.8. The van der Waals surface area contributed by atoms with E-state index in [1.54, 1.807) is 12.3 Å². The van der Waals surface area contributed by atoms with Crippen molar-refractivity contribution in [1.82, 2.24) is 30.9 Å². The molecule has 15 heteroatoms. The van der Waals surface area contributed by atoms with Crippen LogP contribution in [0.25, 0.3) is 10.9 Å². The predicted molar refractivity (Wildman–Crippen MR) is 140 cm³/mol. The number of aliphatic hydroxyl groups excluding tert-OH is 1. The van der Waals surface area contributed by atoms with Crippen LogP contribution in [0.1, 0.15) is 24.6 Å². The SMILES string of the molecule is CC(O)C(NC(=O)C(CC(=O)O)NC(=O)C(Cc1c[nH]c2ccccc12)NC(=O)C(N)Cc1cnc[nH]1)C(=O)O. The van der Waals surface area contributed by atoms with Gasteiger partial charge >= 0.3 is 11.9 Å². The Morgan fingerprint density at radius 2 is 1.62 bits per heavy atom. The zero-order chi connectivity index (χ0) is 29.4. The lowest BCUT2D eigenvalue weighted by molar-refractivity contribution is -0.146. The summed E-state index contributed by atoms with van der Waals surface area (Å²) in [7, 11) is 0. The van der Waals surface area contributed by atoms with Gasteiger partial charge in [-0.3, -0.25) is 19.2 Å². The summed E-state index contributed by atoms with van der Waals surface area (Å²) in [4.78, 5) is 71.7. The van der Waals surface area contributed by atoms with Crippen LogP contribution in [0.5, 0.6) is 0 Å². The number of aromatic nitrogens is 3. The first-order chi connectivity index (χ1) is 19.0. The van der Waals surface area contributed by atoms with Gasteiger partial charge in [-0.2, -0.15) is 0 Å². The Balaban J connectivity index is 1.84. The van der Waals surface area contributed by atoms with Gasteiger partial charge in [-0.1, -0.05) is 18.2 Å². The van der Waals surface area contributed by atoms with Crippen molar-refractivity contribution in [2.75, 3.05) is 0 Å². The fourth-order valence-corrected chi connectivity index (χ4v) is 4.03. The van der Waals surface area contributed by atoms with E-state index in [1.807, 2.05) is 23.5 Å². The van der Waals surface area contributed by atoms with Crippen molar-refractivity contribution in [2.45, 2.75) is 56.5 Å². The quantitative estimate of drug-likeness (QED) is 0.110. The summed E-state index contributed by atoms with van der Waals surface area (Å²) < 4.78 is 0. The summed E-state index contributed by atoms with van der Waals surface area (Å²) in [5.74, 6) is -5.74. The first-order valence-corrected chi connectivity index (χ1v) is 12.3. The number of carboxylic acids is 2. The van der Waals surface area contributed by atoms with E-state index < -0.39 is 66.4 Å². The highest BCUT2D eigenvalue weighted by Crippen LogP contribution is 2.19. The van der Waals surface area contributed by atoms with E-state index in [2.05, 4.69) is 25.6 Å². The number of carboxylic acid groups (broad SMARTS) is 2. The third-order valence-electron chi connectivity index (χ3n) is 6.12. The van der Waals surface area contributed by atoms with Crippen LogP contribution in [0, 0.1) is 0 Å². The Hall–Kier alpha value is -4.76. The van der Waals surface area contributed by atoms with Crippen LogP contribution in [-0.4, -0.2) is 90.2 Å². The van der Waals surface area contributed by atoms with Crippen molar-refractivity contribution in [2.24, 2.45) is 5.73 Å². The smallest absolute Gasteiger partial charge is 0.328 e. The topological polar surface area (TPSA) is 253 Å². The number of aliphatic carboxylic acids is 2. The second kappa shape index (κ2) is 13.3. The normalized spacial score (nSPS) is 14.9. The molecule has 3 amide bonds. The van der Waals surface area contributed by atoms with Crippen LogP contribution >= 0.6 is 0 Å². The zero-order valence-electron chi connectivity index (χ0n) is 21.5. The molecule has 0 aliphatic heterocycles. The maximum Gasteiger partial charge on any atom is 0.328 e.